The Balaban J connectivity index is 1.34. The molecule has 1 fully saturated rings. The smallest absolute Gasteiger partial charge is 0.336 e. The topological polar surface area (TPSA) is 65.8 Å². The van der Waals surface area contributed by atoms with E-state index in [4.69, 9.17) is 4.42 Å². The molecule has 1 aliphatic heterocycles. The standard InChI is InChI=1S/C25H29N3O3/c1-17-7-8-21-20(14-25(30)31-23(21)13-17)15-27-9-11-28(12-10-27)16-24(29)26-22-6-4-5-18(2)19(22)3/h4-8,13-14H,9-12,15-16H2,1-3H3,(H,26,29). The molecule has 1 amide bonds. The van der Waals surface area contributed by atoms with Crippen molar-refractivity contribution in [3.63, 3.8) is 0 Å². The van der Waals surface area contributed by atoms with Crippen molar-refractivity contribution in [2.75, 3.05) is 38.0 Å². The van der Waals surface area contributed by atoms with Crippen molar-refractivity contribution >= 4 is 22.6 Å². The molecular weight excluding hydrogens is 390 g/mol. The van der Waals surface area contributed by atoms with E-state index in [0.717, 1.165) is 53.9 Å². The minimum Gasteiger partial charge on any atom is -0.423 e. The van der Waals surface area contributed by atoms with Crippen LogP contribution in [0.3, 0.4) is 0 Å². The maximum absolute atomic E-state index is 12.5. The predicted molar refractivity (Wildman–Crippen MR) is 123 cm³/mol. The van der Waals surface area contributed by atoms with Crippen LogP contribution < -0.4 is 10.9 Å². The second-order valence-corrected chi connectivity index (χ2v) is 8.44. The summed E-state index contributed by atoms with van der Waals surface area (Å²) >= 11 is 0. The molecule has 0 aliphatic carbocycles. The first-order valence-electron chi connectivity index (χ1n) is 10.7. The van der Waals surface area contributed by atoms with E-state index in [0.29, 0.717) is 18.7 Å². The molecule has 0 unspecified atom stereocenters. The zero-order valence-corrected chi connectivity index (χ0v) is 18.4. The van der Waals surface area contributed by atoms with Crippen LogP contribution in [0.5, 0.6) is 0 Å². The van der Waals surface area contributed by atoms with Gasteiger partial charge in [0.2, 0.25) is 5.91 Å². The van der Waals surface area contributed by atoms with Gasteiger partial charge in [0.25, 0.3) is 0 Å². The number of benzene rings is 2. The first kappa shape index (κ1) is 21.3. The number of amides is 1. The molecule has 1 saturated heterocycles. The van der Waals surface area contributed by atoms with E-state index in [2.05, 4.69) is 15.1 Å². The summed E-state index contributed by atoms with van der Waals surface area (Å²) in [6.45, 7) is 10.5. The van der Waals surface area contributed by atoms with Crippen LogP contribution in [0.15, 0.2) is 51.7 Å². The van der Waals surface area contributed by atoms with Gasteiger partial charge in [-0.1, -0.05) is 24.3 Å². The van der Waals surface area contributed by atoms with Gasteiger partial charge in [-0.05, 0) is 55.2 Å². The molecule has 1 N–H and O–H groups in total. The summed E-state index contributed by atoms with van der Waals surface area (Å²) in [6, 6.07) is 13.5. The van der Waals surface area contributed by atoms with Gasteiger partial charge in [0, 0.05) is 49.9 Å². The summed E-state index contributed by atoms with van der Waals surface area (Å²) in [5.41, 5.74) is 5.56. The maximum Gasteiger partial charge on any atom is 0.336 e. The van der Waals surface area contributed by atoms with Gasteiger partial charge in [-0.3, -0.25) is 14.6 Å². The van der Waals surface area contributed by atoms with Crippen LogP contribution >= 0.6 is 0 Å². The first-order chi connectivity index (χ1) is 14.9. The number of carbonyl (C=O) groups excluding carboxylic acids is 1. The molecule has 0 bridgehead atoms. The monoisotopic (exact) mass is 419 g/mol. The van der Waals surface area contributed by atoms with E-state index >= 15 is 0 Å². The lowest BCUT2D eigenvalue weighted by Gasteiger charge is -2.34. The molecule has 2 heterocycles. The molecule has 6 nitrogen and oxygen atoms in total. The number of rotatable bonds is 5. The van der Waals surface area contributed by atoms with E-state index in [1.54, 1.807) is 6.07 Å². The molecule has 0 radical (unpaired) electrons. The lowest BCUT2D eigenvalue weighted by atomic mass is 10.1. The van der Waals surface area contributed by atoms with Crippen molar-refractivity contribution in [1.29, 1.82) is 0 Å². The fraction of sp³-hybridized carbons (Fsp3) is 0.360. The number of fused-ring (bicyclic) bond motifs is 1. The van der Waals surface area contributed by atoms with Crippen LogP contribution in [0.4, 0.5) is 5.69 Å². The van der Waals surface area contributed by atoms with Gasteiger partial charge < -0.3 is 9.73 Å². The van der Waals surface area contributed by atoms with Crippen molar-refractivity contribution in [3.8, 4) is 0 Å². The number of hydrogen-bond acceptors (Lipinski definition) is 5. The summed E-state index contributed by atoms with van der Waals surface area (Å²) in [5.74, 6) is 0.0178. The molecule has 2 aromatic carbocycles. The highest BCUT2D eigenvalue weighted by Gasteiger charge is 2.20. The van der Waals surface area contributed by atoms with Gasteiger partial charge in [-0.2, -0.15) is 0 Å². The summed E-state index contributed by atoms with van der Waals surface area (Å²) < 4.78 is 5.37. The minimum absolute atomic E-state index is 0.0178. The van der Waals surface area contributed by atoms with E-state index in [9.17, 15) is 9.59 Å². The first-order valence-corrected chi connectivity index (χ1v) is 10.7. The van der Waals surface area contributed by atoms with Crippen molar-refractivity contribution in [3.05, 3.63) is 75.1 Å². The van der Waals surface area contributed by atoms with Gasteiger partial charge in [0.1, 0.15) is 5.58 Å². The number of aryl methyl sites for hydroxylation is 2. The van der Waals surface area contributed by atoms with Crippen LogP contribution in [0.25, 0.3) is 11.0 Å². The molecule has 0 atom stereocenters. The average molecular weight is 420 g/mol. The Hall–Kier alpha value is -2.96. The maximum atomic E-state index is 12.5. The van der Waals surface area contributed by atoms with Gasteiger partial charge >= 0.3 is 5.63 Å². The molecule has 0 spiro atoms. The quantitative estimate of drug-likeness (QED) is 0.642. The zero-order chi connectivity index (χ0) is 22.0. The summed E-state index contributed by atoms with van der Waals surface area (Å²) in [7, 11) is 0. The summed E-state index contributed by atoms with van der Waals surface area (Å²) in [4.78, 5) is 29.0. The van der Waals surface area contributed by atoms with Crippen LogP contribution in [-0.4, -0.2) is 48.4 Å². The van der Waals surface area contributed by atoms with Crippen LogP contribution in [-0.2, 0) is 11.3 Å². The largest absolute Gasteiger partial charge is 0.423 e. The number of hydrogen-bond donors (Lipinski definition) is 1. The fourth-order valence-electron chi connectivity index (χ4n) is 4.09. The Bertz CT molecular complexity index is 1160. The molecule has 1 aliphatic rings. The van der Waals surface area contributed by atoms with E-state index in [1.165, 1.54) is 5.56 Å². The Morgan fingerprint density at radius 1 is 1.00 bits per heavy atom. The third-order valence-corrected chi connectivity index (χ3v) is 6.09. The van der Waals surface area contributed by atoms with E-state index < -0.39 is 0 Å². The molecule has 4 rings (SSSR count). The van der Waals surface area contributed by atoms with Crippen molar-refractivity contribution in [2.45, 2.75) is 27.3 Å². The lowest BCUT2D eigenvalue weighted by molar-refractivity contribution is -0.117. The number of piperazine rings is 1. The van der Waals surface area contributed by atoms with Crippen LogP contribution in [0.2, 0.25) is 0 Å². The second kappa shape index (κ2) is 9.04. The van der Waals surface area contributed by atoms with Crippen LogP contribution in [0.1, 0.15) is 22.3 Å². The molecule has 0 saturated carbocycles. The van der Waals surface area contributed by atoms with E-state index in [-0.39, 0.29) is 11.5 Å². The van der Waals surface area contributed by atoms with Crippen molar-refractivity contribution in [2.24, 2.45) is 0 Å². The Morgan fingerprint density at radius 3 is 2.52 bits per heavy atom. The highest BCUT2D eigenvalue weighted by atomic mass is 16.4. The van der Waals surface area contributed by atoms with Gasteiger partial charge in [-0.25, -0.2) is 4.79 Å². The Morgan fingerprint density at radius 2 is 1.74 bits per heavy atom. The molecule has 6 heteroatoms. The second-order valence-electron chi connectivity index (χ2n) is 8.44. The van der Waals surface area contributed by atoms with Crippen LogP contribution in [0, 0.1) is 20.8 Å². The average Bonchev–Trinajstić information content (AvgIpc) is 2.72. The lowest BCUT2D eigenvalue weighted by Crippen LogP contribution is -2.48. The predicted octanol–water partition coefficient (Wildman–Crippen LogP) is 3.47. The third-order valence-electron chi connectivity index (χ3n) is 6.09. The Kier molecular flexibility index (Phi) is 6.20. The van der Waals surface area contributed by atoms with Crippen molar-refractivity contribution < 1.29 is 9.21 Å². The minimum atomic E-state index is -0.310. The number of nitrogens with zero attached hydrogens (tertiary/aromatic N) is 2. The van der Waals surface area contributed by atoms with Gasteiger partial charge in [0.15, 0.2) is 0 Å². The normalized spacial score (nSPS) is 15.3. The zero-order valence-electron chi connectivity index (χ0n) is 18.4. The SMILES string of the molecule is Cc1ccc2c(CN3CCN(CC(=O)Nc4cccc(C)c4C)CC3)cc(=O)oc2c1. The highest BCUT2D eigenvalue weighted by Crippen LogP contribution is 2.21. The molecule has 1 aromatic heterocycles. The summed E-state index contributed by atoms with van der Waals surface area (Å²) in [5, 5.41) is 4.03. The van der Waals surface area contributed by atoms with Gasteiger partial charge in [-0.15, -0.1) is 0 Å². The molecule has 3 aromatic rings. The molecule has 31 heavy (non-hydrogen) atoms. The molecular formula is C25H29N3O3. The van der Waals surface area contributed by atoms with Gasteiger partial charge in [0.05, 0.1) is 6.54 Å². The van der Waals surface area contributed by atoms with Crippen molar-refractivity contribution in [1.82, 2.24) is 9.80 Å². The third kappa shape index (κ3) is 5.03. The Labute approximate surface area is 182 Å². The van der Waals surface area contributed by atoms with E-state index in [1.807, 2.05) is 57.2 Å². The summed E-state index contributed by atoms with van der Waals surface area (Å²) in [6.07, 6.45) is 0. The number of anilines is 1. The number of nitrogens with one attached hydrogen (secondary N) is 1. The highest BCUT2D eigenvalue weighted by molar-refractivity contribution is 5.93. The number of carbonyl (C=O) groups is 1. The fourth-order valence-corrected chi connectivity index (χ4v) is 4.09. The molecule has 162 valence electrons.